The average molecular weight is 261 g/mol. The fraction of sp³-hybridized carbons (Fsp3) is 0.222. The maximum absolute atomic E-state index is 11.5. The molecule has 2 aromatic rings. The van der Waals surface area contributed by atoms with E-state index in [1.54, 1.807) is 23.9 Å². The number of ether oxygens (including phenoxy) is 1. The molecule has 0 radical (unpaired) electrons. The van der Waals surface area contributed by atoms with Crippen LogP contribution in [-0.2, 0) is 16.1 Å². The number of benzene rings is 1. The van der Waals surface area contributed by atoms with Crippen molar-refractivity contribution in [3.05, 3.63) is 18.3 Å². The summed E-state index contributed by atoms with van der Waals surface area (Å²) in [4.78, 5) is -0.0396. The van der Waals surface area contributed by atoms with Crippen LogP contribution in [0.5, 0.6) is 5.75 Å². The molecule has 0 saturated heterocycles. The molecule has 0 bridgehead atoms. The Labute approximate surface area is 97.0 Å². The Morgan fingerprint density at radius 2 is 2.12 bits per heavy atom. The zero-order valence-corrected chi connectivity index (χ0v) is 10.2. The van der Waals surface area contributed by atoms with Crippen LogP contribution in [0.25, 0.3) is 10.9 Å². The van der Waals surface area contributed by atoms with Crippen LogP contribution in [0.1, 0.15) is 0 Å². The quantitative estimate of drug-likeness (QED) is 0.768. The molecule has 0 saturated carbocycles. The fourth-order valence-corrected chi connectivity index (χ4v) is 2.88. The van der Waals surface area contributed by atoms with Gasteiger partial charge in [0, 0.05) is 23.1 Å². The van der Waals surface area contributed by atoms with Crippen LogP contribution in [0, 0.1) is 0 Å². The number of fused-ring (bicyclic) bond motifs is 1. The highest BCUT2D eigenvalue weighted by Gasteiger charge is 2.21. The van der Waals surface area contributed by atoms with Gasteiger partial charge in [-0.05, 0) is 12.1 Å². The maximum Gasteiger partial charge on any atom is 0.265 e. The van der Waals surface area contributed by atoms with E-state index in [4.69, 9.17) is 15.4 Å². The second kappa shape index (κ2) is 3.64. The first-order valence-corrected chi connectivity index (χ1v) is 6.69. The monoisotopic (exact) mass is 260 g/mol. The summed E-state index contributed by atoms with van der Waals surface area (Å²) >= 11 is 0. The van der Waals surface area contributed by atoms with E-state index in [1.165, 1.54) is 13.3 Å². The van der Waals surface area contributed by atoms with Crippen molar-refractivity contribution in [1.29, 1.82) is 0 Å². The van der Waals surface area contributed by atoms with Gasteiger partial charge < -0.3 is 4.74 Å². The summed E-state index contributed by atoms with van der Waals surface area (Å²) in [6, 6.07) is 3.28. The van der Waals surface area contributed by atoms with Crippen molar-refractivity contribution in [2.45, 2.75) is 4.90 Å². The Morgan fingerprint density at radius 3 is 2.69 bits per heavy atom. The standard InChI is InChI=1S/C9H9ClN2O3S/c1-12-7-3-4-8(15-2)9(16(10,13)14)6(7)5-11-12/h3-5H,1-2H3. The minimum atomic E-state index is -3.86. The molecule has 0 spiro atoms. The zero-order valence-electron chi connectivity index (χ0n) is 8.64. The number of aryl methyl sites for hydroxylation is 1. The van der Waals surface area contributed by atoms with Gasteiger partial charge in [-0.2, -0.15) is 5.10 Å². The highest BCUT2D eigenvalue weighted by molar-refractivity contribution is 8.14. The van der Waals surface area contributed by atoms with Gasteiger partial charge in [-0.3, -0.25) is 4.68 Å². The number of halogens is 1. The van der Waals surface area contributed by atoms with Crippen LogP contribution < -0.4 is 4.74 Å². The number of hydrogen-bond acceptors (Lipinski definition) is 4. The van der Waals surface area contributed by atoms with Crippen molar-refractivity contribution in [2.75, 3.05) is 7.11 Å². The van der Waals surface area contributed by atoms with Gasteiger partial charge in [0.05, 0.1) is 18.8 Å². The summed E-state index contributed by atoms with van der Waals surface area (Å²) in [7, 11) is 4.63. The average Bonchev–Trinajstić information content (AvgIpc) is 2.57. The maximum atomic E-state index is 11.5. The molecule has 0 aliphatic rings. The highest BCUT2D eigenvalue weighted by Crippen LogP contribution is 2.33. The first-order chi connectivity index (χ1) is 7.45. The van der Waals surface area contributed by atoms with Crippen LogP contribution >= 0.6 is 10.7 Å². The van der Waals surface area contributed by atoms with E-state index in [0.29, 0.717) is 10.9 Å². The second-order valence-electron chi connectivity index (χ2n) is 3.24. The van der Waals surface area contributed by atoms with Crippen molar-refractivity contribution in [3.8, 4) is 5.75 Å². The van der Waals surface area contributed by atoms with Crippen molar-refractivity contribution >= 4 is 30.6 Å². The number of hydrogen-bond donors (Lipinski definition) is 0. The molecular weight excluding hydrogens is 252 g/mol. The van der Waals surface area contributed by atoms with Gasteiger partial charge in [0.25, 0.3) is 9.05 Å². The predicted molar refractivity (Wildman–Crippen MR) is 60.3 cm³/mol. The first kappa shape index (κ1) is 11.2. The Morgan fingerprint density at radius 1 is 1.44 bits per heavy atom. The van der Waals surface area contributed by atoms with E-state index in [1.807, 2.05) is 0 Å². The summed E-state index contributed by atoms with van der Waals surface area (Å²) in [6.07, 6.45) is 1.45. The molecule has 0 atom stereocenters. The van der Waals surface area contributed by atoms with Gasteiger partial charge in [0.15, 0.2) is 0 Å². The lowest BCUT2D eigenvalue weighted by molar-refractivity contribution is 0.404. The van der Waals surface area contributed by atoms with Gasteiger partial charge in [-0.15, -0.1) is 0 Å². The topological polar surface area (TPSA) is 61.2 Å². The van der Waals surface area contributed by atoms with Crippen LogP contribution in [0.2, 0.25) is 0 Å². The minimum Gasteiger partial charge on any atom is -0.495 e. The van der Waals surface area contributed by atoms with Gasteiger partial charge in [0.1, 0.15) is 10.6 Å². The molecule has 16 heavy (non-hydrogen) atoms. The van der Waals surface area contributed by atoms with Crippen LogP contribution in [0.15, 0.2) is 23.2 Å². The van der Waals surface area contributed by atoms with E-state index in [-0.39, 0.29) is 10.6 Å². The Hall–Kier alpha value is -1.27. The predicted octanol–water partition coefficient (Wildman–Crippen LogP) is 1.51. The van der Waals surface area contributed by atoms with E-state index in [2.05, 4.69) is 5.10 Å². The summed E-state index contributed by atoms with van der Waals surface area (Å²) < 4.78 is 29.5. The van der Waals surface area contributed by atoms with Gasteiger partial charge in [-0.1, -0.05) is 0 Å². The smallest absolute Gasteiger partial charge is 0.265 e. The van der Waals surface area contributed by atoms with E-state index in [9.17, 15) is 8.42 Å². The third-order valence-electron chi connectivity index (χ3n) is 2.31. The van der Waals surface area contributed by atoms with Gasteiger partial charge >= 0.3 is 0 Å². The molecule has 0 fully saturated rings. The highest BCUT2D eigenvalue weighted by atomic mass is 35.7. The summed E-state index contributed by atoms with van der Waals surface area (Å²) in [6.45, 7) is 0. The fourth-order valence-electron chi connectivity index (χ4n) is 1.59. The molecule has 1 aromatic carbocycles. The molecule has 0 N–H and O–H groups in total. The van der Waals surface area contributed by atoms with E-state index >= 15 is 0 Å². The lowest BCUT2D eigenvalue weighted by Crippen LogP contribution is -1.97. The van der Waals surface area contributed by atoms with Crippen LogP contribution in [-0.4, -0.2) is 25.3 Å². The van der Waals surface area contributed by atoms with Crippen molar-refractivity contribution < 1.29 is 13.2 Å². The zero-order chi connectivity index (χ0) is 11.9. The summed E-state index contributed by atoms with van der Waals surface area (Å²) in [5.41, 5.74) is 0.681. The molecule has 0 aliphatic heterocycles. The van der Waals surface area contributed by atoms with Crippen molar-refractivity contribution in [3.63, 3.8) is 0 Å². The molecule has 0 unspecified atom stereocenters. The summed E-state index contributed by atoms with van der Waals surface area (Å²) in [5.74, 6) is 0.218. The molecule has 2 rings (SSSR count). The molecule has 0 amide bonds. The van der Waals surface area contributed by atoms with Crippen LogP contribution in [0.4, 0.5) is 0 Å². The molecule has 1 aromatic heterocycles. The van der Waals surface area contributed by atoms with Crippen molar-refractivity contribution in [2.24, 2.45) is 7.05 Å². The number of aromatic nitrogens is 2. The second-order valence-corrected chi connectivity index (χ2v) is 5.74. The van der Waals surface area contributed by atoms with Crippen LogP contribution in [0.3, 0.4) is 0 Å². The minimum absolute atomic E-state index is 0.0396. The Kier molecular flexibility index (Phi) is 2.55. The molecule has 1 heterocycles. The molecule has 86 valence electrons. The van der Waals surface area contributed by atoms with E-state index < -0.39 is 9.05 Å². The number of rotatable bonds is 2. The van der Waals surface area contributed by atoms with Gasteiger partial charge in [0.2, 0.25) is 0 Å². The normalized spacial score (nSPS) is 11.9. The van der Waals surface area contributed by atoms with Gasteiger partial charge in [-0.25, -0.2) is 8.42 Å². The molecule has 7 heteroatoms. The summed E-state index contributed by atoms with van der Waals surface area (Å²) in [5, 5.41) is 4.44. The first-order valence-electron chi connectivity index (χ1n) is 4.38. The third kappa shape index (κ3) is 1.64. The SMILES string of the molecule is COc1ccc2c(cnn2C)c1S(=O)(=O)Cl. The lowest BCUT2D eigenvalue weighted by Gasteiger charge is -2.06. The lowest BCUT2D eigenvalue weighted by atomic mass is 10.2. The largest absolute Gasteiger partial charge is 0.495 e. The Bertz CT molecular complexity index is 648. The number of nitrogens with zero attached hydrogens (tertiary/aromatic N) is 2. The molecule has 0 aliphatic carbocycles. The molecule has 5 nitrogen and oxygen atoms in total. The third-order valence-corrected chi connectivity index (χ3v) is 3.68. The number of methoxy groups -OCH3 is 1. The van der Waals surface area contributed by atoms with E-state index in [0.717, 1.165) is 0 Å². The van der Waals surface area contributed by atoms with Crippen molar-refractivity contribution in [1.82, 2.24) is 9.78 Å². The Balaban J connectivity index is 2.95. The molecular formula is C9H9ClN2O3S.